The Labute approximate surface area is 98.4 Å². The number of hydrogen-bond acceptors (Lipinski definition) is 5. The van der Waals surface area contributed by atoms with E-state index in [1.54, 1.807) is 0 Å². The van der Waals surface area contributed by atoms with E-state index in [-0.39, 0.29) is 43.4 Å². The van der Waals surface area contributed by atoms with Gasteiger partial charge in [0.05, 0.1) is 25.0 Å². The summed E-state index contributed by atoms with van der Waals surface area (Å²) in [6.07, 6.45) is 0.446. The lowest BCUT2D eigenvalue weighted by Gasteiger charge is -2.19. The number of carbonyl (C=O) groups excluding carboxylic acids is 1. The molecule has 0 bridgehead atoms. The fourth-order valence-electron chi connectivity index (χ4n) is 1.30. The number of H-pyrrole nitrogens is 1. The Morgan fingerprint density at radius 2 is 2.00 bits per heavy atom. The summed E-state index contributed by atoms with van der Waals surface area (Å²) in [7, 11) is 0. The Hall–Kier alpha value is -2.54. The van der Waals surface area contributed by atoms with Crippen molar-refractivity contribution in [2.75, 3.05) is 18.8 Å². The van der Waals surface area contributed by atoms with Crippen LogP contribution in [0.5, 0.6) is 0 Å². The lowest BCUT2D eigenvalue weighted by atomic mass is 10.3. The van der Waals surface area contributed by atoms with Crippen molar-refractivity contribution in [2.24, 2.45) is 0 Å². The van der Waals surface area contributed by atoms with E-state index in [1.807, 2.05) is 12.1 Å². The Morgan fingerprint density at radius 3 is 2.41 bits per heavy atom. The van der Waals surface area contributed by atoms with Gasteiger partial charge in [-0.15, -0.1) is 0 Å². The van der Waals surface area contributed by atoms with Crippen LogP contribution in [0.2, 0.25) is 0 Å². The Morgan fingerprint density at radius 1 is 1.41 bits per heavy atom. The van der Waals surface area contributed by atoms with Crippen molar-refractivity contribution >= 4 is 11.7 Å². The van der Waals surface area contributed by atoms with Crippen molar-refractivity contribution < 1.29 is 4.79 Å². The van der Waals surface area contributed by atoms with Gasteiger partial charge < -0.3 is 10.6 Å². The molecule has 1 aromatic rings. The monoisotopic (exact) mass is 232 g/mol. The minimum absolute atomic E-state index is 0.223. The summed E-state index contributed by atoms with van der Waals surface area (Å²) < 4.78 is 0. The van der Waals surface area contributed by atoms with Crippen LogP contribution in [-0.2, 0) is 0 Å². The van der Waals surface area contributed by atoms with Crippen LogP contribution in [0.25, 0.3) is 0 Å². The third kappa shape index (κ3) is 3.50. The fourth-order valence-corrected chi connectivity index (χ4v) is 1.30. The summed E-state index contributed by atoms with van der Waals surface area (Å²) in [4.78, 5) is 13.4. The van der Waals surface area contributed by atoms with Gasteiger partial charge in [0.25, 0.3) is 5.91 Å². The first-order chi connectivity index (χ1) is 8.19. The lowest BCUT2D eigenvalue weighted by Crippen LogP contribution is -2.33. The molecular weight excluding hydrogens is 220 g/mol. The number of rotatable bonds is 5. The van der Waals surface area contributed by atoms with Crippen molar-refractivity contribution in [3.63, 3.8) is 0 Å². The van der Waals surface area contributed by atoms with Gasteiger partial charge in [0.1, 0.15) is 11.5 Å². The highest BCUT2D eigenvalue weighted by Gasteiger charge is 2.17. The number of aromatic nitrogens is 2. The number of aromatic amines is 1. The second-order valence-electron chi connectivity index (χ2n) is 3.31. The van der Waals surface area contributed by atoms with E-state index < -0.39 is 0 Å². The number of nitrogens with one attached hydrogen (secondary N) is 1. The lowest BCUT2D eigenvalue weighted by molar-refractivity contribution is 0.0756. The molecule has 0 fully saturated rings. The zero-order valence-electron chi connectivity index (χ0n) is 9.18. The average molecular weight is 232 g/mol. The Bertz CT molecular complexity index is 448. The molecule has 1 rings (SSSR count). The highest BCUT2D eigenvalue weighted by Crippen LogP contribution is 2.06. The number of amides is 1. The molecule has 0 aliphatic rings. The van der Waals surface area contributed by atoms with Gasteiger partial charge in [0.15, 0.2) is 0 Å². The number of nitrogens with two attached hydrogens (primary N) is 1. The first-order valence-corrected chi connectivity index (χ1v) is 5.03. The first-order valence-electron chi connectivity index (χ1n) is 5.03. The normalized spacial score (nSPS) is 9.29. The predicted molar refractivity (Wildman–Crippen MR) is 59.4 cm³/mol. The summed E-state index contributed by atoms with van der Waals surface area (Å²) in [5, 5.41) is 23.2. The second-order valence-corrected chi connectivity index (χ2v) is 3.31. The van der Waals surface area contributed by atoms with Crippen LogP contribution in [0, 0.1) is 22.7 Å². The van der Waals surface area contributed by atoms with Gasteiger partial charge in [-0.3, -0.25) is 9.89 Å². The Kier molecular flexibility index (Phi) is 4.52. The van der Waals surface area contributed by atoms with Gasteiger partial charge in [-0.05, 0) is 0 Å². The highest BCUT2D eigenvalue weighted by atomic mass is 16.2. The van der Waals surface area contributed by atoms with Crippen molar-refractivity contribution in [3.05, 3.63) is 11.8 Å². The molecule has 0 radical (unpaired) electrons. The first kappa shape index (κ1) is 12.5. The number of hydrogen-bond donors (Lipinski definition) is 2. The smallest absolute Gasteiger partial charge is 0.272 e. The molecule has 0 saturated heterocycles. The Balaban J connectivity index is 2.72. The number of nitrogen functional groups attached to an aromatic ring is 1. The third-order valence-corrected chi connectivity index (χ3v) is 2.10. The standard InChI is InChI=1S/C10H12N6O/c11-3-1-5-16(6-2-4-12)10(17)8-7-9(13)15-14-8/h7H,1-2,5-6H2,(H3,13,14,15). The number of nitriles is 2. The topological polar surface area (TPSA) is 123 Å². The zero-order chi connectivity index (χ0) is 12.7. The maximum absolute atomic E-state index is 12.0. The van der Waals surface area contributed by atoms with Crippen molar-refractivity contribution in [1.29, 1.82) is 10.5 Å². The molecule has 0 spiro atoms. The predicted octanol–water partition coefficient (Wildman–Crippen LogP) is 0.261. The molecular formula is C10H12N6O. The minimum atomic E-state index is -0.306. The molecule has 88 valence electrons. The van der Waals surface area contributed by atoms with Crippen LogP contribution in [-0.4, -0.2) is 34.1 Å². The SMILES string of the molecule is N#CCCN(CCC#N)C(=O)c1cc(N)n[nH]1. The van der Waals surface area contributed by atoms with Crippen molar-refractivity contribution in [3.8, 4) is 12.1 Å². The molecule has 0 aliphatic carbocycles. The number of carbonyl (C=O) groups is 1. The largest absolute Gasteiger partial charge is 0.382 e. The van der Waals surface area contributed by atoms with Gasteiger partial charge in [-0.1, -0.05) is 0 Å². The maximum atomic E-state index is 12.0. The molecule has 1 amide bonds. The summed E-state index contributed by atoms with van der Waals surface area (Å²) in [5.74, 6) is -0.0754. The molecule has 0 aromatic carbocycles. The summed E-state index contributed by atoms with van der Waals surface area (Å²) in [6, 6.07) is 5.34. The molecule has 3 N–H and O–H groups in total. The second kappa shape index (κ2) is 6.13. The molecule has 0 aliphatic heterocycles. The fraction of sp³-hybridized carbons (Fsp3) is 0.400. The quantitative estimate of drug-likeness (QED) is 0.753. The van der Waals surface area contributed by atoms with E-state index in [0.29, 0.717) is 0 Å². The summed E-state index contributed by atoms with van der Waals surface area (Å²) in [5.41, 5.74) is 5.66. The van der Waals surface area contributed by atoms with Crippen LogP contribution < -0.4 is 5.73 Å². The van der Waals surface area contributed by atoms with Crippen molar-refractivity contribution in [1.82, 2.24) is 15.1 Å². The molecule has 17 heavy (non-hydrogen) atoms. The van der Waals surface area contributed by atoms with E-state index in [2.05, 4.69) is 10.2 Å². The van der Waals surface area contributed by atoms with Crippen LogP contribution in [0.15, 0.2) is 6.07 Å². The number of anilines is 1. The van der Waals surface area contributed by atoms with E-state index in [9.17, 15) is 4.79 Å². The van der Waals surface area contributed by atoms with E-state index in [1.165, 1.54) is 11.0 Å². The van der Waals surface area contributed by atoms with Gasteiger partial charge in [-0.2, -0.15) is 15.6 Å². The van der Waals surface area contributed by atoms with Crippen LogP contribution in [0.4, 0.5) is 5.82 Å². The van der Waals surface area contributed by atoms with E-state index in [0.717, 1.165) is 0 Å². The van der Waals surface area contributed by atoms with Gasteiger partial charge in [-0.25, -0.2) is 0 Å². The molecule has 1 aromatic heterocycles. The molecule has 7 heteroatoms. The van der Waals surface area contributed by atoms with Crippen LogP contribution >= 0.6 is 0 Å². The summed E-state index contributed by atoms with van der Waals surface area (Å²) in [6.45, 7) is 0.575. The molecule has 0 saturated carbocycles. The van der Waals surface area contributed by atoms with Gasteiger partial charge >= 0.3 is 0 Å². The molecule has 7 nitrogen and oxygen atoms in total. The van der Waals surface area contributed by atoms with Crippen LogP contribution in [0.1, 0.15) is 23.3 Å². The highest BCUT2D eigenvalue weighted by molar-refractivity contribution is 5.93. The number of nitrogens with zero attached hydrogens (tertiary/aromatic N) is 4. The van der Waals surface area contributed by atoms with Crippen LogP contribution in [0.3, 0.4) is 0 Å². The molecule has 0 atom stereocenters. The third-order valence-electron chi connectivity index (χ3n) is 2.10. The molecule has 0 unspecified atom stereocenters. The van der Waals surface area contributed by atoms with Gasteiger partial charge in [0, 0.05) is 19.2 Å². The maximum Gasteiger partial charge on any atom is 0.272 e. The van der Waals surface area contributed by atoms with E-state index >= 15 is 0 Å². The summed E-state index contributed by atoms with van der Waals surface area (Å²) >= 11 is 0. The molecule has 1 heterocycles. The minimum Gasteiger partial charge on any atom is -0.382 e. The average Bonchev–Trinajstić information content (AvgIpc) is 2.75. The van der Waals surface area contributed by atoms with Gasteiger partial charge in [0.2, 0.25) is 0 Å². The van der Waals surface area contributed by atoms with Crippen molar-refractivity contribution in [2.45, 2.75) is 12.8 Å². The zero-order valence-corrected chi connectivity index (χ0v) is 9.18. The van der Waals surface area contributed by atoms with E-state index in [4.69, 9.17) is 16.3 Å².